The summed E-state index contributed by atoms with van der Waals surface area (Å²) in [7, 11) is 1.71. The summed E-state index contributed by atoms with van der Waals surface area (Å²) in [6, 6.07) is -0.0418. The minimum Gasteiger partial charge on any atom is -0.384 e. The number of likely N-dealkylation sites (tertiary alicyclic amines) is 1. The van der Waals surface area contributed by atoms with Gasteiger partial charge < -0.3 is 15.0 Å². The van der Waals surface area contributed by atoms with E-state index in [1.54, 1.807) is 13.3 Å². The smallest absolute Gasteiger partial charge is 0.321 e. The van der Waals surface area contributed by atoms with Gasteiger partial charge in [0.1, 0.15) is 0 Å². The van der Waals surface area contributed by atoms with Gasteiger partial charge in [-0.3, -0.25) is 4.68 Å². The highest BCUT2D eigenvalue weighted by molar-refractivity contribution is 5.89. The second kappa shape index (κ2) is 7.45. The number of hydrogen-bond acceptors (Lipinski definition) is 3. The number of hydrogen-bond donors (Lipinski definition) is 1. The first-order chi connectivity index (χ1) is 10.1. The second-order valence-corrected chi connectivity index (χ2v) is 6.18. The van der Waals surface area contributed by atoms with Crippen LogP contribution in [0.3, 0.4) is 0 Å². The van der Waals surface area contributed by atoms with Gasteiger partial charge in [0.2, 0.25) is 0 Å². The molecule has 0 saturated carbocycles. The third-order valence-corrected chi connectivity index (χ3v) is 3.65. The molecule has 1 atom stereocenters. The first-order valence-corrected chi connectivity index (χ1v) is 7.65. The van der Waals surface area contributed by atoms with E-state index in [0.29, 0.717) is 11.8 Å². The molecule has 21 heavy (non-hydrogen) atoms. The van der Waals surface area contributed by atoms with Crippen LogP contribution in [0.4, 0.5) is 10.5 Å². The highest BCUT2D eigenvalue weighted by Gasteiger charge is 2.23. The third kappa shape index (κ3) is 4.74. The van der Waals surface area contributed by atoms with Crippen LogP contribution in [-0.4, -0.2) is 47.5 Å². The number of urea groups is 1. The minimum absolute atomic E-state index is 0.0418. The standard InChI is InChI=1S/C15H26N4O2/c1-12(2)8-19-10-14(7-16-19)17-15(20)18-6-4-5-13(9-18)11-21-3/h7,10,12-13H,4-6,8-9,11H2,1-3H3,(H,17,20)/t13-/m0/s1. The minimum atomic E-state index is -0.0418. The van der Waals surface area contributed by atoms with Gasteiger partial charge in [-0.2, -0.15) is 5.10 Å². The molecule has 0 bridgehead atoms. The van der Waals surface area contributed by atoms with Gasteiger partial charge in [-0.15, -0.1) is 0 Å². The van der Waals surface area contributed by atoms with Crippen molar-refractivity contribution in [1.29, 1.82) is 0 Å². The first-order valence-electron chi connectivity index (χ1n) is 7.65. The van der Waals surface area contributed by atoms with E-state index >= 15 is 0 Å². The summed E-state index contributed by atoms with van der Waals surface area (Å²) in [5, 5.41) is 7.19. The van der Waals surface area contributed by atoms with Gasteiger partial charge in [-0.1, -0.05) is 13.8 Å². The largest absolute Gasteiger partial charge is 0.384 e. The summed E-state index contributed by atoms with van der Waals surface area (Å²) >= 11 is 0. The highest BCUT2D eigenvalue weighted by atomic mass is 16.5. The lowest BCUT2D eigenvalue weighted by atomic mass is 9.99. The number of methoxy groups -OCH3 is 1. The maximum absolute atomic E-state index is 12.3. The molecule has 1 fully saturated rings. The fourth-order valence-electron chi connectivity index (χ4n) is 2.73. The average molecular weight is 294 g/mol. The molecular formula is C15H26N4O2. The van der Waals surface area contributed by atoms with Crippen molar-refractivity contribution in [2.24, 2.45) is 11.8 Å². The Labute approximate surface area is 126 Å². The Hall–Kier alpha value is -1.56. The molecule has 0 aromatic carbocycles. The Morgan fingerprint density at radius 2 is 2.38 bits per heavy atom. The molecule has 1 aromatic heterocycles. The molecule has 2 rings (SSSR count). The Morgan fingerprint density at radius 1 is 1.57 bits per heavy atom. The van der Waals surface area contributed by atoms with Crippen LogP contribution in [0.2, 0.25) is 0 Å². The Bertz CT molecular complexity index is 456. The van der Waals surface area contributed by atoms with E-state index in [9.17, 15) is 4.79 Å². The molecule has 6 heteroatoms. The van der Waals surface area contributed by atoms with E-state index in [1.807, 2.05) is 15.8 Å². The fraction of sp³-hybridized carbons (Fsp3) is 0.733. The average Bonchev–Trinajstić information content (AvgIpc) is 2.86. The third-order valence-electron chi connectivity index (χ3n) is 3.65. The van der Waals surface area contributed by atoms with E-state index in [0.717, 1.165) is 44.8 Å². The summed E-state index contributed by atoms with van der Waals surface area (Å²) < 4.78 is 7.06. The van der Waals surface area contributed by atoms with Gasteiger partial charge in [-0.25, -0.2) is 4.79 Å². The summed E-state index contributed by atoms with van der Waals surface area (Å²) in [5.74, 6) is 0.975. The number of ether oxygens (including phenoxy) is 1. The fourth-order valence-corrected chi connectivity index (χ4v) is 2.73. The van der Waals surface area contributed by atoms with Crippen molar-refractivity contribution in [3.8, 4) is 0 Å². The van der Waals surface area contributed by atoms with Crippen molar-refractivity contribution < 1.29 is 9.53 Å². The highest BCUT2D eigenvalue weighted by Crippen LogP contribution is 2.18. The second-order valence-electron chi connectivity index (χ2n) is 6.18. The van der Waals surface area contributed by atoms with E-state index in [4.69, 9.17) is 4.74 Å². The van der Waals surface area contributed by atoms with Crippen molar-refractivity contribution in [2.75, 3.05) is 32.1 Å². The predicted octanol–water partition coefficient (Wildman–Crippen LogP) is 2.43. The molecule has 1 aliphatic rings. The molecule has 6 nitrogen and oxygen atoms in total. The number of anilines is 1. The Morgan fingerprint density at radius 3 is 3.10 bits per heavy atom. The van der Waals surface area contributed by atoms with E-state index < -0.39 is 0 Å². The quantitative estimate of drug-likeness (QED) is 0.907. The zero-order chi connectivity index (χ0) is 15.2. The van der Waals surface area contributed by atoms with Gasteiger partial charge in [0, 0.05) is 38.9 Å². The van der Waals surface area contributed by atoms with Gasteiger partial charge >= 0.3 is 6.03 Å². The number of nitrogens with one attached hydrogen (secondary N) is 1. The number of piperidine rings is 1. The van der Waals surface area contributed by atoms with Gasteiger partial charge in [0.25, 0.3) is 0 Å². The SMILES string of the molecule is COC[C@H]1CCCN(C(=O)Nc2cnn(CC(C)C)c2)C1. The summed E-state index contributed by atoms with van der Waals surface area (Å²) in [6.45, 7) is 7.44. The normalized spacial score (nSPS) is 19.0. The zero-order valence-electron chi connectivity index (χ0n) is 13.2. The van der Waals surface area contributed by atoms with Crippen molar-refractivity contribution in [3.63, 3.8) is 0 Å². The molecule has 118 valence electrons. The van der Waals surface area contributed by atoms with Crippen LogP contribution in [0.1, 0.15) is 26.7 Å². The molecule has 0 aliphatic carbocycles. The summed E-state index contributed by atoms with van der Waals surface area (Å²) in [4.78, 5) is 14.2. The predicted molar refractivity (Wildman–Crippen MR) is 82.3 cm³/mol. The number of rotatable bonds is 5. The maximum Gasteiger partial charge on any atom is 0.321 e. The molecule has 1 aromatic rings. The molecular weight excluding hydrogens is 268 g/mol. The zero-order valence-corrected chi connectivity index (χ0v) is 13.2. The molecule has 1 N–H and O–H groups in total. The van der Waals surface area contributed by atoms with E-state index in [-0.39, 0.29) is 6.03 Å². The maximum atomic E-state index is 12.3. The van der Waals surface area contributed by atoms with Crippen molar-refractivity contribution in [3.05, 3.63) is 12.4 Å². The monoisotopic (exact) mass is 294 g/mol. The van der Waals surface area contributed by atoms with Gasteiger partial charge in [-0.05, 0) is 18.8 Å². The topological polar surface area (TPSA) is 59.4 Å². The number of carbonyl (C=O) groups excluding carboxylic acids is 1. The molecule has 1 aliphatic heterocycles. The lowest BCUT2D eigenvalue weighted by molar-refractivity contribution is 0.104. The molecule has 0 spiro atoms. The number of aromatic nitrogens is 2. The van der Waals surface area contributed by atoms with Gasteiger partial charge in [0.05, 0.1) is 18.5 Å². The van der Waals surface area contributed by atoms with E-state index in [2.05, 4.69) is 24.3 Å². The molecule has 2 heterocycles. The van der Waals surface area contributed by atoms with Crippen LogP contribution >= 0.6 is 0 Å². The van der Waals surface area contributed by atoms with Crippen LogP contribution in [0, 0.1) is 11.8 Å². The molecule has 0 radical (unpaired) electrons. The Kier molecular flexibility index (Phi) is 5.61. The summed E-state index contributed by atoms with van der Waals surface area (Å²) in [5.41, 5.74) is 0.759. The van der Waals surface area contributed by atoms with Crippen molar-refractivity contribution in [1.82, 2.24) is 14.7 Å². The lowest BCUT2D eigenvalue weighted by Crippen LogP contribution is -2.43. The van der Waals surface area contributed by atoms with Crippen LogP contribution < -0.4 is 5.32 Å². The van der Waals surface area contributed by atoms with Crippen molar-refractivity contribution in [2.45, 2.75) is 33.2 Å². The summed E-state index contributed by atoms with van der Waals surface area (Å²) in [6.07, 6.45) is 5.75. The molecule has 0 unspecified atom stereocenters. The number of nitrogens with zero attached hydrogens (tertiary/aromatic N) is 3. The number of amides is 2. The Balaban J connectivity index is 1.87. The van der Waals surface area contributed by atoms with Crippen molar-refractivity contribution >= 4 is 11.7 Å². The number of carbonyl (C=O) groups is 1. The van der Waals surface area contributed by atoms with Crippen LogP contribution in [0.5, 0.6) is 0 Å². The van der Waals surface area contributed by atoms with Crippen LogP contribution in [-0.2, 0) is 11.3 Å². The van der Waals surface area contributed by atoms with Crippen LogP contribution in [0.25, 0.3) is 0 Å². The van der Waals surface area contributed by atoms with Gasteiger partial charge in [0.15, 0.2) is 0 Å². The first kappa shape index (κ1) is 15.8. The van der Waals surface area contributed by atoms with Crippen LogP contribution in [0.15, 0.2) is 12.4 Å². The van der Waals surface area contributed by atoms with E-state index in [1.165, 1.54) is 0 Å². The molecule has 1 saturated heterocycles. The molecule has 2 amide bonds. The lowest BCUT2D eigenvalue weighted by Gasteiger charge is -2.32.